The Balaban J connectivity index is 1.65. The van der Waals surface area contributed by atoms with Gasteiger partial charge in [0.2, 0.25) is 5.88 Å². The summed E-state index contributed by atoms with van der Waals surface area (Å²) in [5, 5.41) is 4.10. The van der Waals surface area contributed by atoms with Crippen LogP contribution in [0.1, 0.15) is 24.5 Å². The van der Waals surface area contributed by atoms with Crippen molar-refractivity contribution in [2.45, 2.75) is 26.3 Å². The molecular formula is C24H25ClN2O3. The molecule has 0 amide bonds. The van der Waals surface area contributed by atoms with Crippen LogP contribution in [0.25, 0.3) is 11.1 Å². The van der Waals surface area contributed by atoms with E-state index < -0.39 is 0 Å². The van der Waals surface area contributed by atoms with Crippen LogP contribution in [0.3, 0.4) is 0 Å². The van der Waals surface area contributed by atoms with E-state index >= 15 is 0 Å². The third-order valence-corrected chi connectivity index (χ3v) is 4.91. The van der Waals surface area contributed by atoms with Crippen LogP contribution in [0.2, 0.25) is 5.02 Å². The molecule has 0 spiro atoms. The molecule has 0 unspecified atom stereocenters. The van der Waals surface area contributed by atoms with Gasteiger partial charge in [0, 0.05) is 41.0 Å². The molecular weight excluding hydrogens is 400 g/mol. The van der Waals surface area contributed by atoms with E-state index in [2.05, 4.69) is 16.4 Å². The van der Waals surface area contributed by atoms with Crippen molar-refractivity contribution in [3.8, 4) is 17.0 Å². The van der Waals surface area contributed by atoms with Gasteiger partial charge >= 0.3 is 5.97 Å². The summed E-state index contributed by atoms with van der Waals surface area (Å²) in [5.74, 6) is 0.422. The van der Waals surface area contributed by atoms with Gasteiger partial charge < -0.3 is 14.8 Å². The Morgan fingerprint density at radius 2 is 1.80 bits per heavy atom. The van der Waals surface area contributed by atoms with Gasteiger partial charge in [-0.2, -0.15) is 0 Å². The van der Waals surface area contributed by atoms with Gasteiger partial charge in [-0.1, -0.05) is 35.9 Å². The second kappa shape index (κ2) is 10.6. The second-order valence-electron chi connectivity index (χ2n) is 6.75. The van der Waals surface area contributed by atoms with Gasteiger partial charge in [0.15, 0.2) is 0 Å². The number of carbonyl (C=O) groups excluding carboxylic acids is 1. The van der Waals surface area contributed by atoms with E-state index in [0.717, 1.165) is 27.9 Å². The summed E-state index contributed by atoms with van der Waals surface area (Å²) in [6.07, 6.45) is 2.85. The Hall–Kier alpha value is -3.05. The first-order valence-corrected chi connectivity index (χ1v) is 10.2. The number of halogens is 1. The van der Waals surface area contributed by atoms with Gasteiger partial charge in [-0.3, -0.25) is 4.79 Å². The summed E-state index contributed by atoms with van der Waals surface area (Å²) in [4.78, 5) is 15.9. The summed E-state index contributed by atoms with van der Waals surface area (Å²) >= 11 is 5.99. The minimum atomic E-state index is -0.167. The highest BCUT2D eigenvalue weighted by Gasteiger charge is 2.08. The van der Waals surface area contributed by atoms with E-state index in [4.69, 9.17) is 21.1 Å². The first kappa shape index (κ1) is 21.7. The van der Waals surface area contributed by atoms with Crippen LogP contribution < -0.4 is 10.1 Å². The third kappa shape index (κ3) is 5.97. The number of aromatic nitrogens is 1. The lowest BCUT2D eigenvalue weighted by atomic mass is 10.1. The Morgan fingerprint density at radius 1 is 1.07 bits per heavy atom. The number of nitrogens with one attached hydrogen (secondary N) is 1. The van der Waals surface area contributed by atoms with Crippen LogP contribution in [-0.4, -0.2) is 24.7 Å². The molecule has 6 heteroatoms. The van der Waals surface area contributed by atoms with Crippen LogP contribution in [0.15, 0.2) is 60.8 Å². The third-order valence-electron chi connectivity index (χ3n) is 4.66. The molecule has 3 rings (SSSR count). The van der Waals surface area contributed by atoms with Crippen LogP contribution in [-0.2, 0) is 22.5 Å². The van der Waals surface area contributed by atoms with Crippen molar-refractivity contribution in [2.24, 2.45) is 0 Å². The summed E-state index contributed by atoms with van der Waals surface area (Å²) < 4.78 is 10.4. The molecule has 0 fully saturated rings. The molecule has 1 aromatic heterocycles. The van der Waals surface area contributed by atoms with Crippen LogP contribution >= 0.6 is 11.6 Å². The monoisotopic (exact) mass is 424 g/mol. The molecule has 0 atom stereocenters. The summed E-state index contributed by atoms with van der Waals surface area (Å²) in [6.45, 7) is 2.80. The van der Waals surface area contributed by atoms with E-state index in [1.165, 1.54) is 0 Å². The molecule has 0 saturated carbocycles. The van der Waals surface area contributed by atoms with Gasteiger partial charge in [-0.05, 0) is 54.8 Å². The summed E-state index contributed by atoms with van der Waals surface area (Å²) in [7, 11) is 1.62. The zero-order valence-corrected chi connectivity index (χ0v) is 17.9. The van der Waals surface area contributed by atoms with Crippen molar-refractivity contribution in [1.29, 1.82) is 0 Å². The number of hydrogen-bond donors (Lipinski definition) is 1. The maximum atomic E-state index is 11.5. The number of pyridine rings is 1. The lowest BCUT2D eigenvalue weighted by Crippen LogP contribution is -2.05. The van der Waals surface area contributed by atoms with Crippen molar-refractivity contribution in [3.63, 3.8) is 0 Å². The average Bonchev–Trinajstić information content (AvgIpc) is 2.77. The lowest BCUT2D eigenvalue weighted by Gasteiger charge is -2.12. The topological polar surface area (TPSA) is 60.5 Å². The van der Waals surface area contributed by atoms with Gasteiger partial charge in [-0.15, -0.1) is 0 Å². The second-order valence-corrected chi connectivity index (χ2v) is 7.19. The average molecular weight is 425 g/mol. The molecule has 1 N–H and O–H groups in total. The largest absolute Gasteiger partial charge is 0.481 e. The molecule has 0 aliphatic heterocycles. The van der Waals surface area contributed by atoms with E-state index in [1.807, 2.05) is 55.5 Å². The Labute approximate surface area is 182 Å². The minimum Gasteiger partial charge on any atom is -0.481 e. The zero-order chi connectivity index (χ0) is 21.3. The van der Waals surface area contributed by atoms with Crippen molar-refractivity contribution < 1.29 is 14.3 Å². The molecule has 0 radical (unpaired) electrons. The number of ether oxygens (including phenoxy) is 2. The molecule has 0 aliphatic rings. The van der Waals surface area contributed by atoms with Crippen LogP contribution in [0.5, 0.6) is 5.88 Å². The normalized spacial score (nSPS) is 10.5. The molecule has 0 aliphatic carbocycles. The van der Waals surface area contributed by atoms with Crippen molar-refractivity contribution in [1.82, 2.24) is 4.98 Å². The first-order chi connectivity index (χ1) is 14.6. The Bertz CT molecular complexity index is 973. The molecule has 0 saturated heterocycles. The van der Waals surface area contributed by atoms with Crippen molar-refractivity contribution in [2.75, 3.05) is 19.0 Å². The summed E-state index contributed by atoms with van der Waals surface area (Å²) in [5.41, 5.74) is 5.07. The molecule has 156 valence electrons. The number of rotatable bonds is 9. The number of aryl methyl sites for hydroxylation is 1. The van der Waals surface area contributed by atoms with Gasteiger partial charge in [-0.25, -0.2) is 4.98 Å². The highest BCUT2D eigenvalue weighted by atomic mass is 35.5. The van der Waals surface area contributed by atoms with Crippen LogP contribution in [0.4, 0.5) is 5.69 Å². The van der Waals surface area contributed by atoms with Crippen molar-refractivity contribution >= 4 is 23.3 Å². The number of carbonyl (C=O) groups is 1. The molecule has 2 aromatic carbocycles. The lowest BCUT2D eigenvalue weighted by molar-refractivity contribution is -0.143. The highest BCUT2D eigenvalue weighted by Crippen LogP contribution is 2.26. The Morgan fingerprint density at radius 3 is 2.47 bits per heavy atom. The zero-order valence-electron chi connectivity index (χ0n) is 17.2. The van der Waals surface area contributed by atoms with Gasteiger partial charge in [0.1, 0.15) is 0 Å². The fourth-order valence-corrected chi connectivity index (χ4v) is 3.20. The van der Waals surface area contributed by atoms with Gasteiger partial charge in [0.05, 0.1) is 13.7 Å². The number of benzene rings is 2. The molecule has 3 aromatic rings. The van der Waals surface area contributed by atoms with Gasteiger partial charge in [0.25, 0.3) is 0 Å². The molecule has 30 heavy (non-hydrogen) atoms. The predicted octanol–water partition coefficient (Wildman–Crippen LogP) is 5.52. The standard InChI is InChI=1S/C24H25ClN2O3/c1-3-30-23(28)13-6-17-4-11-22(12-5-17)26-16-20-14-19(15-27-24(20)29-2)18-7-9-21(25)10-8-18/h4-5,7-12,14-15,26H,3,6,13,16H2,1-2H3. The predicted molar refractivity (Wildman–Crippen MR) is 120 cm³/mol. The first-order valence-electron chi connectivity index (χ1n) is 9.86. The molecule has 5 nitrogen and oxygen atoms in total. The maximum Gasteiger partial charge on any atom is 0.306 e. The maximum absolute atomic E-state index is 11.5. The number of nitrogens with zero attached hydrogens (tertiary/aromatic N) is 1. The Kier molecular flexibility index (Phi) is 7.69. The van der Waals surface area contributed by atoms with E-state index in [-0.39, 0.29) is 5.97 Å². The van der Waals surface area contributed by atoms with Crippen molar-refractivity contribution in [3.05, 3.63) is 76.9 Å². The smallest absolute Gasteiger partial charge is 0.306 e. The highest BCUT2D eigenvalue weighted by molar-refractivity contribution is 6.30. The molecule has 1 heterocycles. The number of hydrogen-bond acceptors (Lipinski definition) is 5. The van der Waals surface area contributed by atoms with E-state index in [9.17, 15) is 4.79 Å². The summed E-state index contributed by atoms with van der Waals surface area (Å²) in [6, 6.07) is 17.8. The fraction of sp³-hybridized carbons (Fsp3) is 0.250. The number of esters is 1. The number of anilines is 1. The van der Waals surface area contributed by atoms with E-state index in [1.54, 1.807) is 13.3 Å². The van der Waals surface area contributed by atoms with Crippen LogP contribution in [0, 0.1) is 0 Å². The quantitative estimate of drug-likeness (QED) is 0.458. The minimum absolute atomic E-state index is 0.167. The van der Waals surface area contributed by atoms with E-state index in [0.29, 0.717) is 36.9 Å². The molecule has 0 bridgehead atoms. The fourth-order valence-electron chi connectivity index (χ4n) is 3.07. The number of methoxy groups -OCH3 is 1. The SMILES string of the molecule is CCOC(=O)CCc1ccc(NCc2cc(-c3ccc(Cl)cc3)cnc2OC)cc1.